The van der Waals surface area contributed by atoms with Gasteiger partial charge in [0.15, 0.2) is 0 Å². The van der Waals surface area contributed by atoms with Gasteiger partial charge in [0.25, 0.3) is 0 Å². The lowest BCUT2D eigenvalue weighted by atomic mass is 10.1. The van der Waals surface area contributed by atoms with Crippen LogP contribution in [0, 0.1) is 5.92 Å². The lowest BCUT2D eigenvalue weighted by molar-refractivity contribution is 0.0910. The highest BCUT2D eigenvalue weighted by molar-refractivity contribution is 8.00. The number of thioether (sulfide) groups is 1. The molecule has 3 heteroatoms. The molecule has 92 valence electrons. The van der Waals surface area contributed by atoms with Crippen molar-refractivity contribution in [2.24, 2.45) is 5.92 Å². The molecule has 2 nitrogen and oxygen atoms in total. The maximum Gasteiger partial charge on any atom is 0.0591 e. The normalized spacial score (nSPS) is 27.3. The van der Waals surface area contributed by atoms with Crippen LogP contribution >= 0.6 is 11.8 Å². The van der Waals surface area contributed by atoms with Crippen LogP contribution in [0.2, 0.25) is 0 Å². The molecule has 1 saturated heterocycles. The largest absolute Gasteiger partial charge is 0.381 e. The predicted molar refractivity (Wildman–Crippen MR) is 69.5 cm³/mol. The molecule has 0 saturated carbocycles. The van der Waals surface area contributed by atoms with Gasteiger partial charge in [-0.05, 0) is 24.5 Å². The van der Waals surface area contributed by atoms with Crippen molar-refractivity contribution in [3.63, 3.8) is 0 Å². The Labute approximate surface area is 107 Å². The average Bonchev–Trinajstić information content (AvgIpc) is 2.96. The highest BCUT2D eigenvalue weighted by Crippen LogP contribution is 2.36. The van der Waals surface area contributed by atoms with E-state index in [1.165, 1.54) is 10.5 Å². The van der Waals surface area contributed by atoms with Crippen LogP contribution in [0.5, 0.6) is 0 Å². The zero-order valence-corrected chi connectivity index (χ0v) is 10.7. The minimum atomic E-state index is 0.606. The monoisotopic (exact) mass is 250 g/mol. The topological polar surface area (TPSA) is 18.5 Å². The average molecular weight is 250 g/mol. The van der Waals surface area contributed by atoms with Crippen molar-refractivity contribution < 1.29 is 9.47 Å². The summed E-state index contributed by atoms with van der Waals surface area (Å²) in [7, 11) is 0. The maximum atomic E-state index is 5.83. The SMILES string of the molecule is c1ccc2c(c1)CC(COCC1CCOC1)S2. The maximum absolute atomic E-state index is 5.83. The molecule has 0 aromatic heterocycles. The van der Waals surface area contributed by atoms with Crippen molar-refractivity contribution in [2.45, 2.75) is 23.0 Å². The summed E-state index contributed by atoms with van der Waals surface area (Å²) < 4.78 is 11.2. The van der Waals surface area contributed by atoms with Crippen molar-refractivity contribution >= 4 is 11.8 Å². The van der Waals surface area contributed by atoms with Crippen LogP contribution in [-0.2, 0) is 15.9 Å². The number of fused-ring (bicyclic) bond motifs is 1. The first-order valence-corrected chi connectivity index (χ1v) is 7.20. The van der Waals surface area contributed by atoms with Crippen molar-refractivity contribution in [1.82, 2.24) is 0 Å². The van der Waals surface area contributed by atoms with Gasteiger partial charge < -0.3 is 9.47 Å². The molecule has 1 fully saturated rings. The Kier molecular flexibility index (Phi) is 3.69. The van der Waals surface area contributed by atoms with Gasteiger partial charge in [-0.15, -0.1) is 11.8 Å². The second kappa shape index (κ2) is 5.42. The van der Waals surface area contributed by atoms with Gasteiger partial charge in [-0.25, -0.2) is 0 Å². The third-order valence-electron chi connectivity index (χ3n) is 3.40. The van der Waals surface area contributed by atoms with E-state index in [9.17, 15) is 0 Å². The van der Waals surface area contributed by atoms with Gasteiger partial charge in [-0.1, -0.05) is 18.2 Å². The molecule has 3 rings (SSSR count). The van der Waals surface area contributed by atoms with E-state index in [1.807, 2.05) is 11.8 Å². The van der Waals surface area contributed by atoms with Gasteiger partial charge >= 0.3 is 0 Å². The highest BCUT2D eigenvalue weighted by Gasteiger charge is 2.22. The fraction of sp³-hybridized carbons (Fsp3) is 0.571. The molecule has 2 aliphatic heterocycles. The van der Waals surface area contributed by atoms with E-state index < -0.39 is 0 Å². The molecule has 1 aromatic rings. The minimum Gasteiger partial charge on any atom is -0.381 e. The van der Waals surface area contributed by atoms with Crippen molar-refractivity contribution in [1.29, 1.82) is 0 Å². The van der Waals surface area contributed by atoms with Gasteiger partial charge in [0.05, 0.1) is 19.8 Å². The van der Waals surface area contributed by atoms with Crippen LogP contribution in [0.1, 0.15) is 12.0 Å². The Morgan fingerprint density at radius 3 is 3.06 bits per heavy atom. The molecule has 17 heavy (non-hydrogen) atoms. The summed E-state index contributed by atoms with van der Waals surface area (Å²) in [5.74, 6) is 0.628. The molecule has 2 heterocycles. The van der Waals surface area contributed by atoms with Gasteiger partial charge in [-0.2, -0.15) is 0 Å². The first-order valence-electron chi connectivity index (χ1n) is 6.32. The summed E-state index contributed by atoms with van der Waals surface area (Å²) in [6.45, 7) is 3.54. The van der Waals surface area contributed by atoms with Crippen LogP contribution in [0.4, 0.5) is 0 Å². The quantitative estimate of drug-likeness (QED) is 0.818. The van der Waals surface area contributed by atoms with Gasteiger partial charge in [0, 0.05) is 22.7 Å². The molecule has 0 bridgehead atoms. The van der Waals surface area contributed by atoms with Crippen LogP contribution in [-0.4, -0.2) is 31.7 Å². The van der Waals surface area contributed by atoms with Crippen LogP contribution < -0.4 is 0 Å². The standard InChI is InChI=1S/C14H18O2S/c1-2-4-14-12(3-1)7-13(17-14)10-16-9-11-5-6-15-8-11/h1-4,11,13H,5-10H2. The second-order valence-corrected chi connectivity index (χ2v) is 6.16. The van der Waals surface area contributed by atoms with E-state index in [-0.39, 0.29) is 0 Å². The van der Waals surface area contributed by atoms with Crippen LogP contribution in [0.3, 0.4) is 0 Å². The van der Waals surface area contributed by atoms with Gasteiger partial charge in [0.1, 0.15) is 0 Å². The van der Waals surface area contributed by atoms with E-state index in [1.54, 1.807) is 0 Å². The van der Waals surface area contributed by atoms with Gasteiger partial charge in [0.2, 0.25) is 0 Å². The second-order valence-electron chi connectivity index (χ2n) is 4.82. The number of rotatable bonds is 4. The lowest BCUT2D eigenvalue weighted by Crippen LogP contribution is -2.16. The first-order chi connectivity index (χ1) is 8.42. The molecule has 0 aliphatic carbocycles. The van der Waals surface area contributed by atoms with E-state index >= 15 is 0 Å². The van der Waals surface area contributed by atoms with Crippen molar-refractivity contribution in [3.8, 4) is 0 Å². The Balaban J connectivity index is 1.43. The molecule has 0 spiro atoms. The fourth-order valence-corrected chi connectivity index (χ4v) is 3.67. The number of ether oxygens (including phenoxy) is 2. The molecule has 2 unspecified atom stereocenters. The predicted octanol–water partition coefficient (Wildman–Crippen LogP) is 2.76. The Morgan fingerprint density at radius 2 is 2.24 bits per heavy atom. The zero-order chi connectivity index (χ0) is 11.5. The van der Waals surface area contributed by atoms with E-state index in [0.29, 0.717) is 11.2 Å². The van der Waals surface area contributed by atoms with E-state index in [2.05, 4.69) is 24.3 Å². The third kappa shape index (κ3) is 2.84. The third-order valence-corrected chi connectivity index (χ3v) is 4.68. The summed E-state index contributed by atoms with van der Waals surface area (Å²) in [5, 5.41) is 0.606. The molecule has 0 radical (unpaired) electrons. The summed E-state index contributed by atoms with van der Waals surface area (Å²) in [6.07, 6.45) is 2.32. The summed E-state index contributed by atoms with van der Waals surface area (Å²) in [5.41, 5.74) is 1.48. The van der Waals surface area contributed by atoms with Crippen LogP contribution in [0.15, 0.2) is 29.2 Å². The van der Waals surface area contributed by atoms with E-state index in [4.69, 9.17) is 9.47 Å². The molecule has 2 aliphatic rings. The highest BCUT2D eigenvalue weighted by atomic mass is 32.2. The molecule has 0 amide bonds. The Bertz CT molecular complexity index is 349. The summed E-state index contributed by atoms with van der Waals surface area (Å²) in [6, 6.07) is 8.68. The molecule has 2 atom stereocenters. The van der Waals surface area contributed by atoms with Crippen molar-refractivity contribution in [2.75, 3.05) is 26.4 Å². The summed E-state index contributed by atoms with van der Waals surface area (Å²) >= 11 is 1.96. The van der Waals surface area contributed by atoms with Gasteiger partial charge in [-0.3, -0.25) is 0 Å². The van der Waals surface area contributed by atoms with Crippen molar-refractivity contribution in [3.05, 3.63) is 29.8 Å². The molecular formula is C14H18O2S. The van der Waals surface area contributed by atoms with Crippen LogP contribution in [0.25, 0.3) is 0 Å². The lowest BCUT2D eigenvalue weighted by Gasteiger charge is -2.12. The number of hydrogen-bond acceptors (Lipinski definition) is 3. The molecular weight excluding hydrogens is 232 g/mol. The first kappa shape index (κ1) is 11.6. The number of hydrogen-bond donors (Lipinski definition) is 0. The Hall–Kier alpha value is -0.510. The fourth-order valence-electron chi connectivity index (χ4n) is 2.43. The minimum absolute atomic E-state index is 0.606. The summed E-state index contributed by atoms with van der Waals surface area (Å²) in [4.78, 5) is 1.44. The smallest absolute Gasteiger partial charge is 0.0591 e. The molecule has 1 aromatic carbocycles. The number of benzene rings is 1. The Morgan fingerprint density at radius 1 is 1.29 bits per heavy atom. The van der Waals surface area contributed by atoms with E-state index in [0.717, 1.165) is 39.3 Å². The zero-order valence-electron chi connectivity index (χ0n) is 9.93. The molecule has 0 N–H and O–H groups in total.